The fourth-order valence-corrected chi connectivity index (χ4v) is 4.36. The van der Waals surface area contributed by atoms with Gasteiger partial charge in [-0.1, -0.05) is 12.1 Å². The van der Waals surface area contributed by atoms with Crippen molar-refractivity contribution in [1.82, 2.24) is 5.32 Å². The van der Waals surface area contributed by atoms with Gasteiger partial charge in [-0.3, -0.25) is 0 Å². The highest BCUT2D eigenvalue weighted by Crippen LogP contribution is 2.33. The maximum Gasteiger partial charge on any atom is 0.122 e. The molecular weight excluding hydrogens is 254 g/mol. The van der Waals surface area contributed by atoms with Crippen molar-refractivity contribution in [2.45, 2.75) is 31.7 Å². The minimum absolute atomic E-state index is 0.499. The lowest BCUT2D eigenvalue weighted by Gasteiger charge is -2.26. The number of ether oxygens (including phenoxy) is 1. The Morgan fingerprint density at radius 1 is 1.37 bits per heavy atom. The van der Waals surface area contributed by atoms with E-state index in [9.17, 15) is 0 Å². The summed E-state index contributed by atoms with van der Waals surface area (Å²) in [5.41, 5.74) is 2.82. The van der Waals surface area contributed by atoms with E-state index in [0.717, 1.165) is 24.7 Å². The van der Waals surface area contributed by atoms with Crippen molar-refractivity contribution in [3.8, 4) is 5.75 Å². The van der Waals surface area contributed by atoms with Crippen LogP contribution in [0.3, 0.4) is 0 Å². The van der Waals surface area contributed by atoms with Crippen LogP contribution >= 0.6 is 11.8 Å². The molecule has 19 heavy (non-hydrogen) atoms. The Morgan fingerprint density at radius 3 is 3.00 bits per heavy atom. The average Bonchev–Trinajstić information content (AvgIpc) is 2.93. The number of hydrogen-bond donors (Lipinski definition) is 1. The molecule has 1 fully saturated rings. The predicted molar refractivity (Wildman–Crippen MR) is 82.1 cm³/mol. The van der Waals surface area contributed by atoms with Crippen molar-refractivity contribution in [3.05, 3.63) is 29.3 Å². The maximum absolute atomic E-state index is 5.59. The molecular formula is C16H23NOS. The van der Waals surface area contributed by atoms with Crippen molar-refractivity contribution >= 4 is 11.8 Å². The van der Waals surface area contributed by atoms with Gasteiger partial charge in [0, 0.05) is 12.5 Å². The quantitative estimate of drug-likeness (QED) is 0.911. The van der Waals surface area contributed by atoms with E-state index in [2.05, 4.69) is 42.3 Å². The molecule has 2 nitrogen and oxygen atoms in total. The Kier molecular flexibility index (Phi) is 4.34. The van der Waals surface area contributed by atoms with Gasteiger partial charge in [-0.2, -0.15) is 11.8 Å². The van der Waals surface area contributed by atoms with Crippen LogP contribution in [0, 0.1) is 5.92 Å². The van der Waals surface area contributed by atoms with Crippen molar-refractivity contribution < 1.29 is 4.74 Å². The standard InChI is InChI=1S/C16H23NOS/c1-17-15(10-12-5-8-19-9-6-12)13-2-3-16-14(11-13)4-7-18-16/h2-3,11-12,15,17H,4-10H2,1H3. The summed E-state index contributed by atoms with van der Waals surface area (Å²) >= 11 is 2.11. The lowest BCUT2D eigenvalue weighted by Crippen LogP contribution is -2.22. The summed E-state index contributed by atoms with van der Waals surface area (Å²) in [6.45, 7) is 0.850. The summed E-state index contributed by atoms with van der Waals surface area (Å²) in [7, 11) is 2.09. The van der Waals surface area contributed by atoms with Gasteiger partial charge in [-0.05, 0) is 60.9 Å². The number of nitrogens with one attached hydrogen (secondary N) is 1. The van der Waals surface area contributed by atoms with Gasteiger partial charge in [0.15, 0.2) is 0 Å². The first-order valence-corrected chi connectivity index (χ1v) is 8.53. The van der Waals surface area contributed by atoms with Gasteiger partial charge in [-0.15, -0.1) is 0 Å². The number of thioether (sulfide) groups is 1. The number of benzene rings is 1. The third-order valence-electron chi connectivity index (χ3n) is 4.37. The lowest BCUT2D eigenvalue weighted by molar-refractivity contribution is 0.356. The van der Waals surface area contributed by atoms with Crippen LogP contribution in [0.2, 0.25) is 0 Å². The molecule has 0 radical (unpaired) electrons. The molecule has 2 aliphatic heterocycles. The molecule has 3 rings (SSSR count). The maximum atomic E-state index is 5.59. The normalized spacial score (nSPS) is 20.9. The minimum Gasteiger partial charge on any atom is -0.493 e. The van der Waals surface area contributed by atoms with Crippen molar-refractivity contribution in [3.63, 3.8) is 0 Å². The van der Waals surface area contributed by atoms with Crippen LogP contribution in [-0.2, 0) is 6.42 Å². The molecule has 2 aliphatic rings. The summed E-state index contributed by atoms with van der Waals surface area (Å²) < 4.78 is 5.59. The summed E-state index contributed by atoms with van der Waals surface area (Å²) in [5.74, 6) is 4.68. The molecule has 0 aliphatic carbocycles. The van der Waals surface area contributed by atoms with E-state index in [1.165, 1.54) is 41.9 Å². The summed E-state index contributed by atoms with van der Waals surface area (Å²) in [6, 6.07) is 7.24. The first kappa shape index (κ1) is 13.3. The fourth-order valence-electron chi connectivity index (χ4n) is 3.16. The third kappa shape index (κ3) is 3.09. The second-order valence-corrected chi connectivity index (χ2v) is 6.82. The molecule has 1 aromatic carbocycles. The van der Waals surface area contributed by atoms with E-state index in [0.29, 0.717) is 6.04 Å². The van der Waals surface area contributed by atoms with E-state index < -0.39 is 0 Å². The molecule has 104 valence electrons. The number of hydrogen-bond acceptors (Lipinski definition) is 3. The molecule has 0 amide bonds. The summed E-state index contributed by atoms with van der Waals surface area (Å²) in [4.78, 5) is 0. The van der Waals surface area contributed by atoms with E-state index in [4.69, 9.17) is 4.74 Å². The third-order valence-corrected chi connectivity index (χ3v) is 5.42. The summed E-state index contributed by atoms with van der Waals surface area (Å²) in [5, 5.41) is 3.51. The van der Waals surface area contributed by atoms with Gasteiger partial charge in [-0.25, -0.2) is 0 Å². The SMILES string of the molecule is CNC(CC1CCSCC1)c1ccc2c(c1)CCO2. The fraction of sp³-hybridized carbons (Fsp3) is 0.625. The Bertz CT molecular complexity index is 429. The van der Waals surface area contributed by atoms with Gasteiger partial charge in [0.1, 0.15) is 5.75 Å². The van der Waals surface area contributed by atoms with Gasteiger partial charge in [0.2, 0.25) is 0 Å². The van der Waals surface area contributed by atoms with Crippen LogP contribution in [0.5, 0.6) is 5.75 Å². The van der Waals surface area contributed by atoms with Gasteiger partial charge in [0.05, 0.1) is 6.61 Å². The highest BCUT2D eigenvalue weighted by Gasteiger charge is 2.21. The molecule has 1 unspecified atom stereocenters. The van der Waals surface area contributed by atoms with Crippen LogP contribution in [0.25, 0.3) is 0 Å². The van der Waals surface area contributed by atoms with E-state index in [1.54, 1.807) is 0 Å². The lowest BCUT2D eigenvalue weighted by atomic mass is 9.90. The van der Waals surface area contributed by atoms with E-state index in [-0.39, 0.29) is 0 Å². The zero-order chi connectivity index (χ0) is 13.1. The monoisotopic (exact) mass is 277 g/mol. The average molecular weight is 277 g/mol. The highest BCUT2D eigenvalue weighted by atomic mass is 32.2. The highest BCUT2D eigenvalue weighted by molar-refractivity contribution is 7.99. The topological polar surface area (TPSA) is 21.3 Å². The largest absolute Gasteiger partial charge is 0.493 e. The summed E-state index contributed by atoms with van der Waals surface area (Å²) in [6.07, 6.45) is 5.12. The van der Waals surface area contributed by atoms with Crippen LogP contribution in [0.4, 0.5) is 0 Å². The van der Waals surface area contributed by atoms with Crippen molar-refractivity contribution in [2.24, 2.45) is 5.92 Å². The van der Waals surface area contributed by atoms with Crippen molar-refractivity contribution in [2.75, 3.05) is 25.2 Å². The Morgan fingerprint density at radius 2 is 2.21 bits per heavy atom. The molecule has 3 heteroatoms. The predicted octanol–water partition coefficient (Wildman–Crippen LogP) is 3.42. The molecule has 2 heterocycles. The first-order chi connectivity index (χ1) is 9.36. The zero-order valence-corrected chi connectivity index (χ0v) is 12.5. The van der Waals surface area contributed by atoms with Crippen LogP contribution in [-0.4, -0.2) is 25.2 Å². The number of fused-ring (bicyclic) bond motifs is 1. The molecule has 0 saturated carbocycles. The second-order valence-electron chi connectivity index (χ2n) is 5.60. The zero-order valence-electron chi connectivity index (χ0n) is 11.7. The molecule has 0 bridgehead atoms. The van der Waals surface area contributed by atoms with Crippen LogP contribution in [0.1, 0.15) is 36.4 Å². The van der Waals surface area contributed by atoms with Crippen LogP contribution in [0.15, 0.2) is 18.2 Å². The van der Waals surface area contributed by atoms with Gasteiger partial charge < -0.3 is 10.1 Å². The Balaban J connectivity index is 1.70. The van der Waals surface area contributed by atoms with Crippen LogP contribution < -0.4 is 10.1 Å². The Hall–Kier alpha value is -0.670. The second kappa shape index (κ2) is 6.19. The van der Waals surface area contributed by atoms with Gasteiger partial charge >= 0.3 is 0 Å². The Labute approximate surface area is 120 Å². The smallest absolute Gasteiger partial charge is 0.122 e. The minimum atomic E-state index is 0.499. The molecule has 1 aromatic rings. The first-order valence-electron chi connectivity index (χ1n) is 7.37. The molecule has 1 N–H and O–H groups in total. The van der Waals surface area contributed by atoms with E-state index >= 15 is 0 Å². The molecule has 0 aromatic heterocycles. The molecule has 0 spiro atoms. The van der Waals surface area contributed by atoms with E-state index in [1.807, 2.05) is 0 Å². The van der Waals surface area contributed by atoms with Gasteiger partial charge in [0.25, 0.3) is 0 Å². The molecule has 1 saturated heterocycles. The molecule has 1 atom stereocenters. The van der Waals surface area contributed by atoms with Crippen molar-refractivity contribution in [1.29, 1.82) is 0 Å². The number of rotatable bonds is 4.